The maximum absolute atomic E-state index is 5.58. The number of aromatic nitrogens is 3. The van der Waals surface area contributed by atoms with Gasteiger partial charge in [0, 0.05) is 37.8 Å². The van der Waals surface area contributed by atoms with Crippen molar-refractivity contribution in [2.45, 2.75) is 46.2 Å². The average Bonchev–Trinajstić information content (AvgIpc) is 3.36. The molecule has 0 saturated carbocycles. The van der Waals surface area contributed by atoms with E-state index in [0.717, 1.165) is 62.3 Å². The molecule has 0 radical (unpaired) electrons. The number of nitrogens with zero attached hydrogens (tertiary/aromatic N) is 4. The fourth-order valence-electron chi connectivity index (χ4n) is 4.21. The summed E-state index contributed by atoms with van der Waals surface area (Å²) >= 11 is 0. The summed E-state index contributed by atoms with van der Waals surface area (Å²) in [4.78, 5) is 11.7. The van der Waals surface area contributed by atoms with Gasteiger partial charge < -0.3 is 15.4 Å². The number of rotatable bonds is 10. The lowest BCUT2D eigenvalue weighted by atomic mass is 9.92. The highest BCUT2D eigenvalue weighted by molar-refractivity contribution is 14.0. The maximum atomic E-state index is 5.58. The van der Waals surface area contributed by atoms with E-state index in [1.165, 1.54) is 19.2 Å². The number of nitrogens with one attached hydrogen (secondary N) is 3. The molecule has 8 nitrogen and oxygen atoms in total. The van der Waals surface area contributed by atoms with Crippen LogP contribution in [0.3, 0.4) is 0 Å². The second-order valence-corrected chi connectivity index (χ2v) is 7.90. The summed E-state index contributed by atoms with van der Waals surface area (Å²) in [6.45, 7) is 12.7. The molecule has 1 unspecified atom stereocenters. The van der Waals surface area contributed by atoms with Crippen molar-refractivity contribution in [1.29, 1.82) is 0 Å². The Bertz CT molecular complexity index is 789. The van der Waals surface area contributed by atoms with Crippen LogP contribution in [0.1, 0.15) is 39.2 Å². The molecule has 2 heterocycles. The Morgan fingerprint density at radius 3 is 2.62 bits per heavy atom. The van der Waals surface area contributed by atoms with Gasteiger partial charge in [0.25, 0.3) is 0 Å². The van der Waals surface area contributed by atoms with E-state index in [2.05, 4.69) is 63.6 Å². The van der Waals surface area contributed by atoms with Crippen LogP contribution in [-0.4, -0.2) is 71.5 Å². The molecular weight excluding hydrogens is 517 g/mol. The van der Waals surface area contributed by atoms with Gasteiger partial charge in [-0.05, 0) is 24.5 Å². The van der Waals surface area contributed by atoms with Crippen LogP contribution in [0.4, 0.5) is 0 Å². The number of aliphatic imine (C=N–C) groups is 1. The summed E-state index contributed by atoms with van der Waals surface area (Å²) in [5.74, 6) is 2.29. The molecular formula is C23H38IN7O. The minimum absolute atomic E-state index is 0. The zero-order valence-electron chi connectivity index (χ0n) is 19.5. The first kappa shape index (κ1) is 26.5. The number of H-pyrrole nitrogens is 1. The highest BCUT2D eigenvalue weighted by Crippen LogP contribution is 2.20. The van der Waals surface area contributed by atoms with Crippen molar-refractivity contribution in [3.8, 4) is 11.4 Å². The SMILES string of the molecule is CCNC(=NCc1cccc(-c2ncn[nH]2)c1)NCC(C(CC)CC)N1CCOCC1.I. The molecule has 3 rings (SSSR count). The molecule has 0 amide bonds. The minimum Gasteiger partial charge on any atom is -0.379 e. The number of aromatic amines is 1. The molecule has 1 fully saturated rings. The quantitative estimate of drug-likeness (QED) is 0.237. The lowest BCUT2D eigenvalue weighted by molar-refractivity contribution is 0.00272. The van der Waals surface area contributed by atoms with E-state index in [1.807, 2.05) is 12.1 Å². The van der Waals surface area contributed by atoms with Gasteiger partial charge in [-0.1, -0.05) is 44.9 Å². The molecule has 9 heteroatoms. The van der Waals surface area contributed by atoms with Crippen molar-refractivity contribution in [3.63, 3.8) is 0 Å². The van der Waals surface area contributed by atoms with Crippen LogP contribution in [0.2, 0.25) is 0 Å². The van der Waals surface area contributed by atoms with Crippen LogP contribution in [-0.2, 0) is 11.3 Å². The van der Waals surface area contributed by atoms with E-state index < -0.39 is 0 Å². The second kappa shape index (κ2) is 14.4. The molecule has 2 aromatic rings. The van der Waals surface area contributed by atoms with E-state index in [-0.39, 0.29) is 24.0 Å². The van der Waals surface area contributed by atoms with Gasteiger partial charge in [0.1, 0.15) is 6.33 Å². The molecule has 1 aliphatic heterocycles. The molecule has 1 aromatic heterocycles. The van der Waals surface area contributed by atoms with Crippen LogP contribution in [0.5, 0.6) is 0 Å². The molecule has 0 spiro atoms. The topological polar surface area (TPSA) is 90.5 Å². The first-order chi connectivity index (χ1) is 15.2. The molecule has 178 valence electrons. The van der Waals surface area contributed by atoms with E-state index in [0.29, 0.717) is 18.5 Å². The fourth-order valence-corrected chi connectivity index (χ4v) is 4.21. The summed E-state index contributed by atoms with van der Waals surface area (Å²) < 4.78 is 5.58. The Kier molecular flexibility index (Phi) is 12.0. The Labute approximate surface area is 209 Å². The van der Waals surface area contributed by atoms with Gasteiger partial charge in [0.05, 0.1) is 19.8 Å². The summed E-state index contributed by atoms with van der Waals surface area (Å²) in [6.07, 6.45) is 3.89. The van der Waals surface area contributed by atoms with Gasteiger partial charge in [-0.2, -0.15) is 5.10 Å². The predicted octanol–water partition coefficient (Wildman–Crippen LogP) is 3.28. The van der Waals surface area contributed by atoms with Crippen molar-refractivity contribution < 1.29 is 4.74 Å². The van der Waals surface area contributed by atoms with Crippen molar-refractivity contribution in [2.75, 3.05) is 39.4 Å². The van der Waals surface area contributed by atoms with E-state index in [1.54, 1.807) is 0 Å². The smallest absolute Gasteiger partial charge is 0.191 e. The third-order valence-corrected chi connectivity index (χ3v) is 5.97. The molecule has 0 aliphatic carbocycles. The predicted molar refractivity (Wildman–Crippen MR) is 140 cm³/mol. The number of hydrogen-bond donors (Lipinski definition) is 3. The Morgan fingerprint density at radius 2 is 1.97 bits per heavy atom. The Morgan fingerprint density at radius 1 is 1.19 bits per heavy atom. The summed E-state index contributed by atoms with van der Waals surface area (Å²) in [7, 11) is 0. The van der Waals surface area contributed by atoms with E-state index in [9.17, 15) is 0 Å². The lowest BCUT2D eigenvalue weighted by Gasteiger charge is -2.39. The van der Waals surface area contributed by atoms with Crippen molar-refractivity contribution >= 4 is 29.9 Å². The third kappa shape index (κ3) is 7.70. The van der Waals surface area contributed by atoms with Crippen LogP contribution in [0.25, 0.3) is 11.4 Å². The number of halogens is 1. The standard InChI is InChI=1S/C23H37N7O.HI/c1-4-19(5-2)21(30-10-12-31-13-11-30)16-26-23(24-6-3)25-15-18-8-7-9-20(14-18)22-27-17-28-29-22;/h7-9,14,17,19,21H,4-6,10-13,15-16H2,1-3H3,(H2,24,25,26)(H,27,28,29);1H. The van der Waals surface area contributed by atoms with Gasteiger partial charge in [-0.3, -0.25) is 10.00 Å². The van der Waals surface area contributed by atoms with Crippen LogP contribution >= 0.6 is 24.0 Å². The Balaban J connectivity index is 0.00000363. The monoisotopic (exact) mass is 555 g/mol. The van der Waals surface area contributed by atoms with Crippen LogP contribution < -0.4 is 10.6 Å². The molecule has 1 atom stereocenters. The molecule has 1 aromatic carbocycles. The molecule has 3 N–H and O–H groups in total. The molecule has 1 aliphatic rings. The van der Waals surface area contributed by atoms with Gasteiger partial charge in [-0.15, -0.1) is 24.0 Å². The van der Waals surface area contributed by atoms with Crippen LogP contribution in [0, 0.1) is 5.92 Å². The normalized spacial score (nSPS) is 15.9. The average molecular weight is 556 g/mol. The lowest BCUT2D eigenvalue weighted by Crippen LogP contribution is -2.53. The molecule has 0 bridgehead atoms. The van der Waals surface area contributed by atoms with Gasteiger partial charge >= 0.3 is 0 Å². The first-order valence-corrected chi connectivity index (χ1v) is 11.5. The highest BCUT2D eigenvalue weighted by Gasteiger charge is 2.27. The Hall–Kier alpha value is -1.72. The maximum Gasteiger partial charge on any atom is 0.191 e. The van der Waals surface area contributed by atoms with Gasteiger partial charge in [-0.25, -0.2) is 9.98 Å². The van der Waals surface area contributed by atoms with Gasteiger partial charge in [0.2, 0.25) is 0 Å². The zero-order valence-corrected chi connectivity index (χ0v) is 21.8. The number of ether oxygens (including phenoxy) is 1. The number of guanidine groups is 1. The highest BCUT2D eigenvalue weighted by atomic mass is 127. The minimum atomic E-state index is 0. The van der Waals surface area contributed by atoms with Gasteiger partial charge in [0.15, 0.2) is 11.8 Å². The molecule has 1 saturated heterocycles. The second-order valence-electron chi connectivity index (χ2n) is 7.90. The van der Waals surface area contributed by atoms with E-state index in [4.69, 9.17) is 9.73 Å². The number of benzene rings is 1. The largest absolute Gasteiger partial charge is 0.379 e. The molecule has 32 heavy (non-hydrogen) atoms. The summed E-state index contributed by atoms with van der Waals surface area (Å²) in [6, 6.07) is 8.74. The van der Waals surface area contributed by atoms with Crippen molar-refractivity contribution in [3.05, 3.63) is 36.2 Å². The van der Waals surface area contributed by atoms with Crippen molar-refractivity contribution in [2.24, 2.45) is 10.9 Å². The fraction of sp³-hybridized carbons (Fsp3) is 0.609. The number of hydrogen-bond acceptors (Lipinski definition) is 5. The summed E-state index contributed by atoms with van der Waals surface area (Å²) in [5.41, 5.74) is 2.15. The van der Waals surface area contributed by atoms with Crippen LogP contribution in [0.15, 0.2) is 35.6 Å². The first-order valence-electron chi connectivity index (χ1n) is 11.5. The van der Waals surface area contributed by atoms with Crippen molar-refractivity contribution in [1.82, 2.24) is 30.7 Å². The zero-order chi connectivity index (χ0) is 21.9. The third-order valence-electron chi connectivity index (χ3n) is 5.97. The summed E-state index contributed by atoms with van der Waals surface area (Å²) in [5, 5.41) is 13.9. The number of morpholine rings is 1. The van der Waals surface area contributed by atoms with E-state index >= 15 is 0 Å².